The highest BCUT2D eigenvalue weighted by molar-refractivity contribution is 5.86. The zero-order valence-electron chi connectivity index (χ0n) is 11.8. The van der Waals surface area contributed by atoms with E-state index in [0.29, 0.717) is 18.8 Å². The molecule has 0 aliphatic rings. The maximum Gasteiger partial charge on any atom is 0.244 e. The monoisotopic (exact) mass is 276 g/mol. The number of rotatable bonds is 6. The maximum atomic E-state index is 12.1. The molecule has 0 radical (unpaired) electrons. The van der Waals surface area contributed by atoms with E-state index in [1.165, 1.54) is 0 Å². The highest BCUT2D eigenvalue weighted by atomic mass is 16.5. The number of fused-ring (bicyclic) bond motifs is 1. The molecule has 1 unspecified atom stereocenters. The number of methoxy groups -OCH3 is 1. The first-order valence-electron chi connectivity index (χ1n) is 6.63. The molecular formula is C14H20N4O2. The molecule has 1 atom stereocenters. The number of carbonyl (C=O) groups excluding carboxylic acids is 1. The van der Waals surface area contributed by atoms with Gasteiger partial charge in [0.05, 0.1) is 11.7 Å². The summed E-state index contributed by atoms with van der Waals surface area (Å²) in [5.41, 5.74) is 7.31. The predicted molar refractivity (Wildman–Crippen MR) is 78.4 cm³/mol. The Hall–Kier alpha value is -2.08. The van der Waals surface area contributed by atoms with Crippen LogP contribution in [0.1, 0.15) is 19.4 Å². The summed E-state index contributed by atoms with van der Waals surface area (Å²) in [6, 6.07) is 5.18. The molecule has 1 aromatic heterocycles. The number of hydrogen-bond acceptors (Lipinski definition) is 4. The van der Waals surface area contributed by atoms with Crippen molar-refractivity contribution in [2.24, 2.45) is 0 Å². The number of carbonyl (C=O) groups is 1. The smallest absolute Gasteiger partial charge is 0.244 e. The van der Waals surface area contributed by atoms with Crippen molar-refractivity contribution in [3.8, 4) is 0 Å². The van der Waals surface area contributed by atoms with Crippen molar-refractivity contribution >= 4 is 22.5 Å². The number of benzene rings is 1. The second-order valence-corrected chi connectivity index (χ2v) is 4.72. The Bertz CT molecular complexity index is 594. The van der Waals surface area contributed by atoms with E-state index in [4.69, 9.17) is 10.5 Å². The second-order valence-electron chi connectivity index (χ2n) is 4.72. The summed E-state index contributed by atoms with van der Waals surface area (Å²) in [7, 11) is 1.64. The number of amides is 1. The number of nitrogens with one attached hydrogen (secondary N) is 1. The Balaban J connectivity index is 2.08. The highest BCUT2D eigenvalue weighted by Crippen LogP contribution is 2.20. The van der Waals surface area contributed by atoms with E-state index in [0.717, 1.165) is 17.3 Å². The Morgan fingerprint density at radius 2 is 2.35 bits per heavy atom. The van der Waals surface area contributed by atoms with Crippen molar-refractivity contribution in [1.29, 1.82) is 0 Å². The fourth-order valence-corrected chi connectivity index (χ4v) is 2.05. The Morgan fingerprint density at radius 3 is 3.10 bits per heavy atom. The van der Waals surface area contributed by atoms with Gasteiger partial charge in [-0.2, -0.15) is 5.10 Å². The maximum absolute atomic E-state index is 12.1. The van der Waals surface area contributed by atoms with Gasteiger partial charge in [-0.15, -0.1) is 0 Å². The van der Waals surface area contributed by atoms with Gasteiger partial charge < -0.3 is 15.8 Å². The van der Waals surface area contributed by atoms with E-state index >= 15 is 0 Å². The van der Waals surface area contributed by atoms with Crippen LogP contribution in [0.2, 0.25) is 0 Å². The highest BCUT2D eigenvalue weighted by Gasteiger charge is 2.17. The molecule has 20 heavy (non-hydrogen) atoms. The molecule has 6 nitrogen and oxygen atoms in total. The average molecular weight is 276 g/mol. The van der Waals surface area contributed by atoms with Crippen molar-refractivity contribution in [1.82, 2.24) is 15.1 Å². The molecular weight excluding hydrogens is 256 g/mol. The summed E-state index contributed by atoms with van der Waals surface area (Å²) in [5, 5.41) is 8.12. The molecule has 3 N–H and O–H groups in total. The Morgan fingerprint density at radius 1 is 1.55 bits per heavy atom. The van der Waals surface area contributed by atoms with Crippen molar-refractivity contribution < 1.29 is 9.53 Å². The van der Waals surface area contributed by atoms with Crippen LogP contribution < -0.4 is 11.1 Å². The van der Waals surface area contributed by atoms with Crippen LogP contribution in [0.15, 0.2) is 24.4 Å². The largest absolute Gasteiger partial charge is 0.399 e. The minimum absolute atomic E-state index is 0.0615. The Kier molecular flexibility index (Phi) is 4.57. The number of anilines is 1. The molecule has 6 heteroatoms. The van der Waals surface area contributed by atoms with Gasteiger partial charge in [0.2, 0.25) is 5.91 Å². The van der Waals surface area contributed by atoms with Gasteiger partial charge >= 0.3 is 0 Å². The van der Waals surface area contributed by atoms with E-state index in [1.807, 2.05) is 25.1 Å². The lowest BCUT2D eigenvalue weighted by atomic mass is 10.2. The van der Waals surface area contributed by atoms with E-state index in [1.54, 1.807) is 18.0 Å². The van der Waals surface area contributed by atoms with E-state index < -0.39 is 0 Å². The average Bonchev–Trinajstić information content (AvgIpc) is 2.85. The third-order valence-corrected chi connectivity index (χ3v) is 3.19. The molecule has 1 amide bonds. The first kappa shape index (κ1) is 14.3. The van der Waals surface area contributed by atoms with Gasteiger partial charge in [0.1, 0.15) is 6.04 Å². The summed E-state index contributed by atoms with van der Waals surface area (Å²) in [6.07, 6.45) is 2.53. The molecule has 2 aromatic rings. The van der Waals surface area contributed by atoms with Crippen LogP contribution in [-0.2, 0) is 9.53 Å². The lowest BCUT2D eigenvalue weighted by molar-refractivity contribution is -0.124. The van der Waals surface area contributed by atoms with Gasteiger partial charge in [-0.1, -0.05) is 0 Å². The first-order valence-corrected chi connectivity index (χ1v) is 6.63. The third-order valence-electron chi connectivity index (χ3n) is 3.19. The van der Waals surface area contributed by atoms with Gasteiger partial charge in [-0.25, -0.2) is 0 Å². The van der Waals surface area contributed by atoms with Crippen molar-refractivity contribution in [3.63, 3.8) is 0 Å². The lowest BCUT2D eigenvalue weighted by Crippen LogP contribution is -2.32. The van der Waals surface area contributed by atoms with E-state index in [2.05, 4.69) is 10.4 Å². The molecule has 0 saturated heterocycles. The molecule has 1 aromatic carbocycles. The number of aromatic nitrogens is 2. The van der Waals surface area contributed by atoms with Crippen LogP contribution in [0.25, 0.3) is 10.9 Å². The number of hydrogen-bond donors (Lipinski definition) is 2. The number of nitrogen functional groups attached to an aromatic ring is 1. The summed E-state index contributed by atoms with van der Waals surface area (Å²) in [6.45, 7) is 3.05. The van der Waals surface area contributed by atoms with Gasteiger partial charge in [0.25, 0.3) is 0 Å². The molecule has 0 fully saturated rings. The molecule has 2 rings (SSSR count). The molecule has 0 saturated carbocycles. The first-order chi connectivity index (χ1) is 9.63. The van der Waals surface area contributed by atoms with Crippen molar-refractivity contribution in [3.05, 3.63) is 24.4 Å². The van der Waals surface area contributed by atoms with Gasteiger partial charge in [-0.3, -0.25) is 9.48 Å². The minimum atomic E-state index is -0.378. The van der Waals surface area contributed by atoms with Gasteiger partial charge in [0, 0.05) is 31.3 Å². The summed E-state index contributed by atoms with van der Waals surface area (Å²) in [4.78, 5) is 12.1. The van der Waals surface area contributed by atoms with Crippen LogP contribution in [0.5, 0.6) is 0 Å². The summed E-state index contributed by atoms with van der Waals surface area (Å²) in [5.74, 6) is -0.0615. The van der Waals surface area contributed by atoms with Crippen LogP contribution in [-0.4, -0.2) is 35.9 Å². The van der Waals surface area contributed by atoms with Crippen molar-refractivity contribution in [2.45, 2.75) is 19.4 Å². The quantitative estimate of drug-likeness (QED) is 0.616. The molecule has 0 spiro atoms. The fraction of sp³-hybridized carbons (Fsp3) is 0.429. The number of nitrogens with zero attached hydrogens (tertiary/aromatic N) is 2. The predicted octanol–water partition coefficient (Wildman–Crippen LogP) is 1.33. The molecule has 108 valence electrons. The zero-order chi connectivity index (χ0) is 14.5. The van der Waals surface area contributed by atoms with Crippen LogP contribution in [0, 0.1) is 0 Å². The van der Waals surface area contributed by atoms with E-state index in [9.17, 15) is 4.79 Å². The zero-order valence-corrected chi connectivity index (χ0v) is 11.8. The van der Waals surface area contributed by atoms with Crippen LogP contribution in [0.3, 0.4) is 0 Å². The topological polar surface area (TPSA) is 82.2 Å². The van der Waals surface area contributed by atoms with E-state index in [-0.39, 0.29) is 11.9 Å². The number of nitrogens with two attached hydrogens (primary N) is 1. The molecule has 0 bridgehead atoms. The summed E-state index contributed by atoms with van der Waals surface area (Å²) >= 11 is 0. The van der Waals surface area contributed by atoms with Gasteiger partial charge in [0.15, 0.2) is 0 Å². The molecule has 0 aliphatic heterocycles. The number of ether oxygens (including phenoxy) is 1. The minimum Gasteiger partial charge on any atom is -0.399 e. The van der Waals surface area contributed by atoms with Crippen LogP contribution in [0.4, 0.5) is 5.69 Å². The summed E-state index contributed by atoms with van der Waals surface area (Å²) < 4.78 is 6.64. The van der Waals surface area contributed by atoms with Crippen molar-refractivity contribution in [2.75, 3.05) is 26.0 Å². The molecule has 1 heterocycles. The molecule has 0 aliphatic carbocycles. The normalized spacial score (nSPS) is 12.5. The third kappa shape index (κ3) is 3.08. The standard InChI is InChI=1S/C14H20N4O2/c1-10(14(19)16-6-3-7-20-2)18-13-8-12(15)5-4-11(13)9-17-18/h4-5,8-10H,3,6-7,15H2,1-2H3,(H,16,19). The lowest BCUT2D eigenvalue weighted by Gasteiger charge is -2.14. The second kappa shape index (κ2) is 6.38. The van der Waals surface area contributed by atoms with Gasteiger partial charge in [-0.05, 0) is 31.5 Å². The SMILES string of the molecule is COCCCNC(=O)C(C)n1ncc2ccc(N)cc21. The van der Waals surface area contributed by atoms with Crippen LogP contribution >= 0.6 is 0 Å². The Labute approximate surface area is 117 Å². The fourth-order valence-electron chi connectivity index (χ4n) is 2.05.